The van der Waals surface area contributed by atoms with E-state index < -0.39 is 0 Å². The summed E-state index contributed by atoms with van der Waals surface area (Å²) in [4.78, 5) is 16.5. The second kappa shape index (κ2) is 4.29. The molecule has 3 rings (SSSR count). The molecule has 0 aliphatic rings. The zero-order valence-electron chi connectivity index (χ0n) is 8.26. The van der Waals surface area contributed by atoms with E-state index in [0.717, 1.165) is 15.2 Å². The van der Waals surface area contributed by atoms with Crippen molar-refractivity contribution in [2.24, 2.45) is 0 Å². The maximum absolute atomic E-state index is 5.78. The van der Waals surface area contributed by atoms with Gasteiger partial charge in [-0.15, -0.1) is 11.3 Å². The van der Waals surface area contributed by atoms with Gasteiger partial charge in [-0.3, -0.25) is 0 Å². The van der Waals surface area contributed by atoms with E-state index >= 15 is 0 Å². The number of para-hydroxylation sites is 1. The first kappa shape index (κ1) is 11.0. The first-order chi connectivity index (χ1) is 8.22. The van der Waals surface area contributed by atoms with Gasteiger partial charge in [0.2, 0.25) is 10.0 Å². The number of rotatable bonds is 1. The molecule has 2 heterocycles. The molecule has 0 fully saturated rings. The van der Waals surface area contributed by atoms with Crippen molar-refractivity contribution in [1.82, 2.24) is 19.9 Å². The molecule has 0 bridgehead atoms. The third kappa shape index (κ3) is 2.15. The predicted octanol–water partition coefficient (Wildman–Crippen LogP) is 3.56. The molecule has 0 aliphatic heterocycles. The van der Waals surface area contributed by atoms with E-state index in [0.29, 0.717) is 10.6 Å². The van der Waals surface area contributed by atoms with Crippen LogP contribution in [-0.2, 0) is 0 Å². The molecular formula is C10H4BrClN4S. The Morgan fingerprint density at radius 2 is 1.88 bits per heavy atom. The lowest BCUT2D eigenvalue weighted by molar-refractivity contribution is 1.02. The number of nitrogens with zero attached hydrogens (tertiary/aromatic N) is 4. The normalized spacial score (nSPS) is 10.9. The number of benzene rings is 1. The van der Waals surface area contributed by atoms with Gasteiger partial charge in [0, 0.05) is 0 Å². The van der Waals surface area contributed by atoms with Gasteiger partial charge in [0.05, 0.1) is 10.2 Å². The number of fused-ring (bicyclic) bond motifs is 1. The maximum Gasteiger partial charge on any atom is 0.227 e. The smallest absolute Gasteiger partial charge is 0.227 e. The molecule has 7 heteroatoms. The number of hydrogen-bond donors (Lipinski definition) is 0. The minimum atomic E-state index is 0.154. The lowest BCUT2D eigenvalue weighted by Gasteiger charge is -1.95. The molecule has 0 N–H and O–H groups in total. The fourth-order valence-corrected chi connectivity index (χ4v) is 2.89. The summed E-state index contributed by atoms with van der Waals surface area (Å²) in [6, 6.07) is 7.88. The van der Waals surface area contributed by atoms with Gasteiger partial charge in [0.1, 0.15) is 0 Å². The highest BCUT2D eigenvalue weighted by Crippen LogP contribution is 2.28. The van der Waals surface area contributed by atoms with Crippen LogP contribution in [0.5, 0.6) is 0 Å². The van der Waals surface area contributed by atoms with Crippen LogP contribution in [0.25, 0.3) is 21.0 Å². The summed E-state index contributed by atoms with van der Waals surface area (Å²) in [7, 11) is 0. The number of hydrogen-bond acceptors (Lipinski definition) is 5. The van der Waals surface area contributed by atoms with Crippen LogP contribution < -0.4 is 0 Å². The maximum atomic E-state index is 5.78. The Morgan fingerprint density at radius 3 is 2.65 bits per heavy atom. The fourth-order valence-electron chi connectivity index (χ4n) is 1.39. The molecule has 4 nitrogen and oxygen atoms in total. The Kier molecular flexibility index (Phi) is 2.78. The molecule has 17 heavy (non-hydrogen) atoms. The van der Waals surface area contributed by atoms with E-state index in [-0.39, 0.29) is 5.28 Å². The highest BCUT2D eigenvalue weighted by Gasteiger charge is 2.10. The molecular weight excluding hydrogens is 324 g/mol. The zero-order chi connectivity index (χ0) is 11.8. The van der Waals surface area contributed by atoms with Gasteiger partial charge in [-0.25, -0.2) is 4.98 Å². The van der Waals surface area contributed by atoms with Gasteiger partial charge in [-0.1, -0.05) is 12.1 Å². The topological polar surface area (TPSA) is 51.6 Å². The lowest BCUT2D eigenvalue weighted by atomic mass is 10.3. The molecule has 0 atom stereocenters. The Bertz CT molecular complexity index is 646. The number of aromatic nitrogens is 4. The highest BCUT2D eigenvalue weighted by molar-refractivity contribution is 9.10. The SMILES string of the molecule is Clc1nc(Br)nc(-c2nc3ccccc3s2)n1. The zero-order valence-corrected chi connectivity index (χ0v) is 11.4. The summed E-state index contributed by atoms with van der Waals surface area (Å²) in [6.45, 7) is 0. The van der Waals surface area contributed by atoms with E-state index in [2.05, 4.69) is 35.9 Å². The summed E-state index contributed by atoms with van der Waals surface area (Å²) in [6.07, 6.45) is 0. The predicted molar refractivity (Wildman–Crippen MR) is 71.2 cm³/mol. The van der Waals surface area contributed by atoms with E-state index in [9.17, 15) is 0 Å². The van der Waals surface area contributed by atoms with Crippen molar-refractivity contribution in [3.63, 3.8) is 0 Å². The Labute approximate surface area is 114 Å². The molecule has 0 unspecified atom stereocenters. The van der Waals surface area contributed by atoms with E-state index in [1.54, 1.807) is 0 Å². The third-order valence-corrected chi connectivity index (χ3v) is 3.62. The van der Waals surface area contributed by atoms with Crippen LogP contribution in [0.3, 0.4) is 0 Å². The van der Waals surface area contributed by atoms with Gasteiger partial charge < -0.3 is 0 Å². The minimum Gasteiger partial charge on any atom is -0.233 e. The molecule has 2 aromatic heterocycles. The number of thiazole rings is 1. The second-order valence-electron chi connectivity index (χ2n) is 3.18. The summed E-state index contributed by atoms with van der Waals surface area (Å²) >= 11 is 10.5. The molecule has 1 aromatic carbocycles. The van der Waals surface area contributed by atoms with Crippen molar-refractivity contribution in [1.29, 1.82) is 0 Å². The summed E-state index contributed by atoms with van der Waals surface area (Å²) in [5.41, 5.74) is 0.931. The second-order valence-corrected chi connectivity index (χ2v) is 5.26. The minimum absolute atomic E-state index is 0.154. The third-order valence-electron chi connectivity index (χ3n) is 2.07. The van der Waals surface area contributed by atoms with Crippen molar-refractivity contribution in [2.75, 3.05) is 0 Å². The van der Waals surface area contributed by atoms with Crippen molar-refractivity contribution >= 4 is 49.1 Å². The monoisotopic (exact) mass is 326 g/mol. The molecule has 3 aromatic rings. The van der Waals surface area contributed by atoms with Crippen LogP contribution in [0.15, 0.2) is 29.0 Å². The largest absolute Gasteiger partial charge is 0.233 e. The van der Waals surface area contributed by atoms with E-state index in [4.69, 9.17) is 11.6 Å². The van der Waals surface area contributed by atoms with E-state index in [1.807, 2.05) is 24.3 Å². The average molecular weight is 328 g/mol. The molecule has 0 amide bonds. The van der Waals surface area contributed by atoms with Crippen molar-refractivity contribution in [3.05, 3.63) is 34.3 Å². The molecule has 84 valence electrons. The van der Waals surface area contributed by atoms with Crippen molar-refractivity contribution in [3.8, 4) is 10.8 Å². The standard InChI is InChI=1S/C10H4BrClN4S/c11-9-14-7(15-10(12)16-9)8-13-5-3-1-2-4-6(5)17-8/h1-4H. The van der Waals surface area contributed by atoms with Crippen molar-refractivity contribution < 1.29 is 0 Å². The molecule has 0 saturated carbocycles. The average Bonchev–Trinajstić information content (AvgIpc) is 2.71. The van der Waals surface area contributed by atoms with E-state index in [1.165, 1.54) is 11.3 Å². The fraction of sp³-hybridized carbons (Fsp3) is 0. The highest BCUT2D eigenvalue weighted by atomic mass is 79.9. The molecule has 0 spiro atoms. The molecule has 0 radical (unpaired) electrons. The summed E-state index contributed by atoms with van der Waals surface area (Å²) < 4.78 is 1.50. The first-order valence-electron chi connectivity index (χ1n) is 4.65. The molecule has 0 aliphatic carbocycles. The van der Waals surface area contributed by atoms with Gasteiger partial charge >= 0.3 is 0 Å². The Hall–Kier alpha value is -1.11. The van der Waals surface area contributed by atoms with Crippen LogP contribution in [0, 0.1) is 0 Å². The van der Waals surface area contributed by atoms with Gasteiger partial charge in [-0.2, -0.15) is 15.0 Å². The van der Waals surface area contributed by atoms with Gasteiger partial charge in [-0.05, 0) is 39.7 Å². The Morgan fingerprint density at radius 1 is 1.06 bits per heavy atom. The van der Waals surface area contributed by atoms with Crippen molar-refractivity contribution in [2.45, 2.75) is 0 Å². The van der Waals surface area contributed by atoms with Crippen LogP contribution >= 0.6 is 38.9 Å². The molecule has 0 saturated heterocycles. The van der Waals surface area contributed by atoms with Gasteiger partial charge in [0.15, 0.2) is 10.8 Å². The quantitative estimate of drug-likeness (QED) is 0.685. The van der Waals surface area contributed by atoms with Crippen LogP contribution in [-0.4, -0.2) is 19.9 Å². The van der Waals surface area contributed by atoms with Crippen LogP contribution in [0.4, 0.5) is 0 Å². The Balaban J connectivity index is 2.20. The van der Waals surface area contributed by atoms with Crippen LogP contribution in [0.1, 0.15) is 0 Å². The lowest BCUT2D eigenvalue weighted by Crippen LogP contribution is -1.93. The summed E-state index contributed by atoms with van der Waals surface area (Å²) in [5, 5.41) is 0.886. The first-order valence-corrected chi connectivity index (χ1v) is 6.64. The summed E-state index contributed by atoms with van der Waals surface area (Å²) in [5.74, 6) is 0.484. The van der Waals surface area contributed by atoms with Gasteiger partial charge in [0.25, 0.3) is 0 Å². The number of halogens is 2. The van der Waals surface area contributed by atoms with Crippen LogP contribution in [0.2, 0.25) is 5.28 Å².